The van der Waals surface area contributed by atoms with Gasteiger partial charge in [0.2, 0.25) is 5.95 Å². The van der Waals surface area contributed by atoms with Crippen LogP contribution in [0.2, 0.25) is 0 Å². The molecule has 0 aliphatic carbocycles. The number of aliphatic hydroxyl groups excluding tert-OH is 2. The van der Waals surface area contributed by atoms with Crippen molar-refractivity contribution in [2.45, 2.75) is 43.0 Å². The molecule has 188 valence electrons. The fourth-order valence-electron chi connectivity index (χ4n) is 4.35. The molecule has 10 heteroatoms. The van der Waals surface area contributed by atoms with Gasteiger partial charge in [0, 0.05) is 23.8 Å². The van der Waals surface area contributed by atoms with E-state index in [1.54, 1.807) is 11.8 Å². The summed E-state index contributed by atoms with van der Waals surface area (Å²) >= 11 is 1.76. The average Bonchev–Trinajstić information content (AvgIpc) is 3.53. The van der Waals surface area contributed by atoms with Crippen molar-refractivity contribution in [2.24, 2.45) is 0 Å². The molecule has 3 heterocycles. The van der Waals surface area contributed by atoms with Crippen LogP contribution >= 0.6 is 11.8 Å². The molecule has 36 heavy (non-hydrogen) atoms. The SMILES string of the molecule is Nc1ncnc2c1nc(NCc1ccc(-c3cccc(SCCCO)c3)cc1)n2[C@H]1CC[C@@H](CO)O1. The zero-order valence-corrected chi connectivity index (χ0v) is 20.7. The molecule has 0 amide bonds. The monoisotopic (exact) mass is 506 g/mol. The van der Waals surface area contributed by atoms with Crippen LogP contribution in [-0.2, 0) is 11.3 Å². The largest absolute Gasteiger partial charge is 0.396 e. The number of hydrogen-bond donors (Lipinski definition) is 4. The molecule has 5 rings (SSSR count). The summed E-state index contributed by atoms with van der Waals surface area (Å²) in [5, 5.41) is 21.9. The van der Waals surface area contributed by atoms with E-state index in [1.165, 1.54) is 11.2 Å². The summed E-state index contributed by atoms with van der Waals surface area (Å²) in [7, 11) is 0. The van der Waals surface area contributed by atoms with E-state index in [2.05, 4.69) is 68.8 Å². The lowest BCUT2D eigenvalue weighted by Gasteiger charge is -2.17. The molecule has 1 aliphatic rings. The number of nitrogen functional groups attached to an aromatic ring is 1. The first-order valence-electron chi connectivity index (χ1n) is 12.1. The van der Waals surface area contributed by atoms with Gasteiger partial charge in [0.05, 0.1) is 12.7 Å². The molecule has 4 aromatic rings. The van der Waals surface area contributed by atoms with Crippen LogP contribution in [0.1, 0.15) is 31.1 Å². The topological polar surface area (TPSA) is 131 Å². The highest BCUT2D eigenvalue weighted by Gasteiger charge is 2.30. The molecule has 0 bridgehead atoms. The lowest BCUT2D eigenvalue weighted by molar-refractivity contribution is -0.0197. The van der Waals surface area contributed by atoms with Crippen LogP contribution in [0, 0.1) is 0 Å². The Balaban J connectivity index is 1.32. The smallest absolute Gasteiger partial charge is 0.207 e. The summed E-state index contributed by atoms with van der Waals surface area (Å²) < 4.78 is 7.93. The van der Waals surface area contributed by atoms with Gasteiger partial charge >= 0.3 is 0 Å². The number of nitrogens with zero attached hydrogens (tertiary/aromatic N) is 4. The van der Waals surface area contributed by atoms with E-state index >= 15 is 0 Å². The van der Waals surface area contributed by atoms with Gasteiger partial charge in [0.1, 0.15) is 12.6 Å². The standard InChI is InChI=1S/C26H30N6O3S/c27-24-23-25(30-16-29-24)32(22-10-9-20(15-34)35-22)26(31-23)28-14-17-5-7-18(8-6-17)19-3-1-4-21(13-19)36-12-2-11-33/h1,3-8,13,16,20,22,33-34H,2,9-12,14-15H2,(H,28,31)(H2,27,29,30)/t20-,22+/m0/s1. The van der Waals surface area contributed by atoms with Crippen LogP contribution in [0.4, 0.5) is 11.8 Å². The number of nitrogens with one attached hydrogen (secondary N) is 1. The van der Waals surface area contributed by atoms with Gasteiger partial charge in [-0.15, -0.1) is 11.8 Å². The fraction of sp³-hybridized carbons (Fsp3) is 0.346. The van der Waals surface area contributed by atoms with E-state index in [-0.39, 0.29) is 25.5 Å². The lowest BCUT2D eigenvalue weighted by Crippen LogP contribution is -2.17. The number of aliphatic hydroxyl groups is 2. The van der Waals surface area contributed by atoms with Crippen LogP contribution in [0.3, 0.4) is 0 Å². The molecule has 1 aliphatic heterocycles. The Labute approximate surface area is 213 Å². The number of nitrogens with two attached hydrogens (primary N) is 1. The van der Waals surface area contributed by atoms with Crippen LogP contribution in [0.5, 0.6) is 0 Å². The molecular formula is C26H30N6O3S. The highest BCUT2D eigenvalue weighted by atomic mass is 32.2. The van der Waals surface area contributed by atoms with E-state index in [0.717, 1.165) is 41.7 Å². The van der Waals surface area contributed by atoms with Crippen molar-refractivity contribution in [1.82, 2.24) is 19.5 Å². The zero-order chi connectivity index (χ0) is 24.9. The molecule has 2 atom stereocenters. The lowest BCUT2D eigenvalue weighted by atomic mass is 10.0. The normalized spacial score (nSPS) is 17.6. The van der Waals surface area contributed by atoms with Crippen molar-refractivity contribution < 1.29 is 14.9 Å². The number of imidazole rings is 1. The molecule has 0 spiro atoms. The van der Waals surface area contributed by atoms with Gasteiger partial charge in [-0.25, -0.2) is 15.0 Å². The van der Waals surface area contributed by atoms with Gasteiger partial charge < -0.3 is 26.0 Å². The number of rotatable bonds is 10. The van der Waals surface area contributed by atoms with Gasteiger partial charge in [-0.3, -0.25) is 4.57 Å². The second-order valence-corrected chi connectivity index (χ2v) is 9.88. The average molecular weight is 507 g/mol. The number of fused-ring (bicyclic) bond motifs is 1. The Morgan fingerprint density at radius 3 is 2.72 bits per heavy atom. The Morgan fingerprint density at radius 2 is 1.94 bits per heavy atom. The van der Waals surface area contributed by atoms with Crippen molar-refractivity contribution in [1.29, 1.82) is 0 Å². The van der Waals surface area contributed by atoms with Crippen LogP contribution in [0.15, 0.2) is 59.8 Å². The number of anilines is 2. The number of hydrogen-bond acceptors (Lipinski definition) is 9. The quantitative estimate of drug-likeness (QED) is 0.187. The van der Waals surface area contributed by atoms with Crippen LogP contribution < -0.4 is 11.1 Å². The van der Waals surface area contributed by atoms with E-state index in [4.69, 9.17) is 15.6 Å². The summed E-state index contributed by atoms with van der Waals surface area (Å²) in [6, 6.07) is 16.9. The molecule has 0 unspecified atom stereocenters. The summed E-state index contributed by atoms with van der Waals surface area (Å²) in [6.07, 6.45) is 3.26. The number of ether oxygens (including phenoxy) is 1. The molecule has 1 fully saturated rings. The molecule has 5 N–H and O–H groups in total. The van der Waals surface area contributed by atoms with Crippen molar-refractivity contribution in [3.63, 3.8) is 0 Å². The van der Waals surface area contributed by atoms with Crippen molar-refractivity contribution >= 4 is 34.7 Å². The summed E-state index contributed by atoms with van der Waals surface area (Å²) in [5.74, 6) is 1.83. The first kappa shape index (κ1) is 24.5. The molecule has 2 aromatic heterocycles. The van der Waals surface area contributed by atoms with Crippen molar-refractivity contribution in [3.05, 3.63) is 60.4 Å². The molecule has 2 aromatic carbocycles. The molecular weight excluding hydrogens is 476 g/mol. The minimum Gasteiger partial charge on any atom is -0.396 e. The van der Waals surface area contributed by atoms with Crippen LogP contribution in [0.25, 0.3) is 22.3 Å². The number of aromatic nitrogens is 4. The number of benzene rings is 2. The Morgan fingerprint density at radius 1 is 1.08 bits per heavy atom. The van der Waals surface area contributed by atoms with E-state index in [0.29, 0.717) is 29.5 Å². The Bertz CT molecular complexity index is 1310. The third kappa shape index (κ3) is 5.31. The molecule has 9 nitrogen and oxygen atoms in total. The van der Waals surface area contributed by atoms with Crippen molar-refractivity contribution in [3.8, 4) is 11.1 Å². The predicted octanol–water partition coefficient (Wildman–Crippen LogP) is 3.83. The van der Waals surface area contributed by atoms with Gasteiger partial charge in [-0.2, -0.15) is 0 Å². The molecule has 1 saturated heterocycles. The predicted molar refractivity (Wildman–Crippen MR) is 142 cm³/mol. The van der Waals surface area contributed by atoms with E-state index in [1.807, 2.05) is 4.57 Å². The maximum atomic E-state index is 9.51. The Hall–Kier alpha value is -3.18. The first-order chi connectivity index (χ1) is 17.7. The minimum absolute atomic E-state index is 0.0143. The maximum Gasteiger partial charge on any atom is 0.207 e. The summed E-state index contributed by atoms with van der Waals surface area (Å²) in [6.45, 7) is 0.764. The van der Waals surface area contributed by atoms with Gasteiger partial charge in [0.15, 0.2) is 17.0 Å². The van der Waals surface area contributed by atoms with Gasteiger partial charge in [0.25, 0.3) is 0 Å². The minimum atomic E-state index is -0.283. The summed E-state index contributed by atoms with van der Waals surface area (Å²) in [4.78, 5) is 14.3. The highest BCUT2D eigenvalue weighted by Crippen LogP contribution is 2.34. The van der Waals surface area contributed by atoms with E-state index < -0.39 is 0 Å². The van der Waals surface area contributed by atoms with Crippen molar-refractivity contribution in [2.75, 3.05) is 30.0 Å². The summed E-state index contributed by atoms with van der Waals surface area (Å²) in [5.41, 5.74) is 10.6. The first-order valence-corrected chi connectivity index (χ1v) is 13.1. The van der Waals surface area contributed by atoms with Crippen LogP contribution in [-0.4, -0.2) is 54.8 Å². The second-order valence-electron chi connectivity index (χ2n) is 8.71. The second kappa shape index (κ2) is 11.3. The molecule has 0 radical (unpaired) electrons. The van der Waals surface area contributed by atoms with E-state index in [9.17, 15) is 5.11 Å². The number of thioether (sulfide) groups is 1. The molecule has 0 saturated carbocycles. The third-order valence-corrected chi connectivity index (χ3v) is 7.31. The fourth-order valence-corrected chi connectivity index (χ4v) is 5.25. The zero-order valence-electron chi connectivity index (χ0n) is 19.9. The third-order valence-electron chi connectivity index (χ3n) is 6.23. The van der Waals surface area contributed by atoms with Gasteiger partial charge in [-0.1, -0.05) is 36.4 Å². The Kier molecular flexibility index (Phi) is 7.66. The highest BCUT2D eigenvalue weighted by molar-refractivity contribution is 7.99. The maximum absolute atomic E-state index is 9.51. The van der Waals surface area contributed by atoms with Gasteiger partial charge in [-0.05, 0) is 48.1 Å².